The highest BCUT2D eigenvalue weighted by molar-refractivity contribution is 5.99. The van der Waals surface area contributed by atoms with E-state index in [1.807, 2.05) is 31.3 Å². The molecule has 0 spiro atoms. The van der Waals surface area contributed by atoms with Gasteiger partial charge in [0.15, 0.2) is 0 Å². The first kappa shape index (κ1) is 17.4. The van der Waals surface area contributed by atoms with Gasteiger partial charge in [-0.05, 0) is 35.9 Å². The second-order valence-electron chi connectivity index (χ2n) is 7.01. The van der Waals surface area contributed by atoms with Gasteiger partial charge in [-0.2, -0.15) is 5.21 Å². The van der Waals surface area contributed by atoms with Crippen molar-refractivity contribution in [2.75, 3.05) is 20.6 Å². The summed E-state index contributed by atoms with van der Waals surface area (Å²) >= 11 is 0. The monoisotopic (exact) mass is 362 g/mol. The van der Waals surface area contributed by atoms with Crippen molar-refractivity contribution in [2.45, 2.75) is 19.0 Å². The van der Waals surface area contributed by atoms with Gasteiger partial charge in [-0.3, -0.25) is 9.69 Å². The van der Waals surface area contributed by atoms with Crippen LogP contribution in [0, 0.1) is 0 Å². The Labute approximate surface area is 158 Å². The Kier molecular flexibility index (Phi) is 4.68. The van der Waals surface area contributed by atoms with Crippen LogP contribution in [-0.4, -0.2) is 63.0 Å². The summed E-state index contributed by atoms with van der Waals surface area (Å²) in [6.45, 7) is 1.56. The lowest BCUT2D eigenvalue weighted by molar-refractivity contribution is 0.0734. The zero-order valence-electron chi connectivity index (χ0n) is 15.5. The fraction of sp³-hybridized carbons (Fsp3) is 0.300. The van der Waals surface area contributed by atoms with Gasteiger partial charge in [0, 0.05) is 31.7 Å². The molecular formula is C20H22N6O. The molecule has 0 fully saturated rings. The van der Waals surface area contributed by atoms with Gasteiger partial charge in [0.05, 0.1) is 5.56 Å². The molecule has 1 unspecified atom stereocenters. The van der Waals surface area contributed by atoms with E-state index in [-0.39, 0.29) is 11.9 Å². The molecule has 3 aromatic rings. The number of amides is 1. The molecule has 7 nitrogen and oxygen atoms in total. The van der Waals surface area contributed by atoms with Crippen LogP contribution in [0.4, 0.5) is 0 Å². The van der Waals surface area contributed by atoms with Crippen molar-refractivity contribution in [3.8, 4) is 11.4 Å². The molecule has 0 radical (unpaired) electrons. The van der Waals surface area contributed by atoms with E-state index < -0.39 is 0 Å². The van der Waals surface area contributed by atoms with Crippen LogP contribution in [0.1, 0.15) is 21.5 Å². The number of benzene rings is 2. The minimum absolute atomic E-state index is 0.0392. The minimum atomic E-state index is -0.0392. The number of carbonyl (C=O) groups is 1. The van der Waals surface area contributed by atoms with Crippen LogP contribution in [0.25, 0.3) is 11.4 Å². The molecule has 27 heavy (non-hydrogen) atoms. The smallest absolute Gasteiger partial charge is 0.254 e. The summed E-state index contributed by atoms with van der Waals surface area (Å²) < 4.78 is 0. The van der Waals surface area contributed by atoms with Gasteiger partial charge in [-0.25, -0.2) is 0 Å². The van der Waals surface area contributed by atoms with Gasteiger partial charge >= 0.3 is 0 Å². The third-order valence-corrected chi connectivity index (χ3v) is 5.19. The van der Waals surface area contributed by atoms with Crippen LogP contribution < -0.4 is 0 Å². The number of tetrazole rings is 1. The maximum atomic E-state index is 13.1. The number of likely N-dealkylation sites (N-methyl/N-ethyl adjacent to an activating group) is 2. The third-order valence-electron chi connectivity index (χ3n) is 5.19. The van der Waals surface area contributed by atoms with E-state index in [4.69, 9.17) is 0 Å². The van der Waals surface area contributed by atoms with E-state index >= 15 is 0 Å². The molecule has 1 amide bonds. The van der Waals surface area contributed by atoms with Gasteiger partial charge in [0.2, 0.25) is 5.82 Å². The number of rotatable bonds is 4. The number of fused-ring (bicyclic) bond motifs is 1. The second kappa shape index (κ2) is 7.28. The summed E-state index contributed by atoms with van der Waals surface area (Å²) in [5, 5.41) is 14.1. The molecule has 0 saturated carbocycles. The summed E-state index contributed by atoms with van der Waals surface area (Å²) in [5.74, 6) is 0.388. The van der Waals surface area contributed by atoms with Gasteiger partial charge in [-0.15, -0.1) is 10.2 Å². The molecule has 0 saturated heterocycles. The summed E-state index contributed by atoms with van der Waals surface area (Å²) in [6.07, 6.45) is 0.941. The summed E-state index contributed by atoms with van der Waals surface area (Å²) in [5.41, 5.74) is 4.01. The molecular weight excluding hydrogens is 340 g/mol. The quantitative estimate of drug-likeness (QED) is 0.768. The molecule has 7 heteroatoms. The van der Waals surface area contributed by atoms with Gasteiger partial charge in [0.1, 0.15) is 0 Å². The summed E-state index contributed by atoms with van der Waals surface area (Å²) in [4.78, 5) is 17.2. The first-order valence-corrected chi connectivity index (χ1v) is 8.99. The molecule has 2 aromatic carbocycles. The Morgan fingerprint density at radius 1 is 1.19 bits per heavy atom. The fourth-order valence-corrected chi connectivity index (χ4v) is 3.67. The zero-order valence-corrected chi connectivity index (χ0v) is 15.5. The van der Waals surface area contributed by atoms with Crippen molar-refractivity contribution in [2.24, 2.45) is 0 Å². The number of nitrogens with one attached hydrogen (secondary N) is 1. The number of aromatic nitrogens is 4. The van der Waals surface area contributed by atoms with Crippen molar-refractivity contribution < 1.29 is 4.79 Å². The normalized spacial score (nSPS) is 16.7. The highest BCUT2D eigenvalue weighted by Gasteiger charge is 2.27. The number of H-pyrrole nitrogens is 1. The van der Waals surface area contributed by atoms with Crippen molar-refractivity contribution in [3.63, 3.8) is 0 Å². The SMILES string of the molecule is CN(CC1Cc2ccccc2CN1C)C(=O)c1ccccc1-c1nn[nH]n1. The summed E-state index contributed by atoms with van der Waals surface area (Å²) in [7, 11) is 3.97. The molecule has 1 aliphatic rings. The topological polar surface area (TPSA) is 78.0 Å². The second-order valence-corrected chi connectivity index (χ2v) is 7.01. The van der Waals surface area contributed by atoms with Crippen LogP contribution in [-0.2, 0) is 13.0 Å². The fourth-order valence-electron chi connectivity index (χ4n) is 3.67. The van der Waals surface area contributed by atoms with E-state index in [0.717, 1.165) is 13.0 Å². The van der Waals surface area contributed by atoms with E-state index in [1.54, 1.807) is 4.90 Å². The number of aromatic amines is 1. The van der Waals surface area contributed by atoms with Crippen LogP contribution in [0.3, 0.4) is 0 Å². The molecule has 4 rings (SSSR count). The Morgan fingerprint density at radius 3 is 2.70 bits per heavy atom. The van der Waals surface area contributed by atoms with Crippen molar-refractivity contribution in [3.05, 3.63) is 65.2 Å². The van der Waals surface area contributed by atoms with Gasteiger partial charge in [-0.1, -0.05) is 42.5 Å². The molecule has 1 N–H and O–H groups in total. The van der Waals surface area contributed by atoms with E-state index in [2.05, 4.69) is 56.8 Å². The van der Waals surface area contributed by atoms with Crippen LogP contribution >= 0.6 is 0 Å². The number of hydrogen-bond acceptors (Lipinski definition) is 5. The highest BCUT2D eigenvalue weighted by Crippen LogP contribution is 2.24. The average Bonchev–Trinajstić information content (AvgIpc) is 3.22. The van der Waals surface area contributed by atoms with Crippen LogP contribution in [0.5, 0.6) is 0 Å². The molecule has 0 aliphatic carbocycles. The van der Waals surface area contributed by atoms with Crippen molar-refractivity contribution in [1.29, 1.82) is 0 Å². The molecule has 1 aromatic heterocycles. The highest BCUT2D eigenvalue weighted by atomic mass is 16.2. The third kappa shape index (κ3) is 3.46. The summed E-state index contributed by atoms with van der Waals surface area (Å²) in [6, 6.07) is 16.2. The van der Waals surface area contributed by atoms with E-state index in [1.165, 1.54) is 11.1 Å². The van der Waals surface area contributed by atoms with Crippen molar-refractivity contribution in [1.82, 2.24) is 30.4 Å². The van der Waals surface area contributed by atoms with Gasteiger partial charge in [0.25, 0.3) is 5.91 Å². The van der Waals surface area contributed by atoms with Crippen molar-refractivity contribution >= 4 is 5.91 Å². The molecule has 2 heterocycles. The number of carbonyl (C=O) groups excluding carboxylic acids is 1. The minimum Gasteiger partial charge on any atom is -0.340 e. The number of nitrogens with zero attached hydrogens (tertiary/aromatic N) is 5. The van der Waals surface area contributed by atoms with Crippen LogP contribution in [0.2, 0.25) is 0 Å². The largest absolute Gasteiger partial charge is 0.340 e. The Balaban J connectivity index is 1.53. The molecule has 1 aliphatic heterocycles. The molecule has 138 valence electrons. The van der Waals surface area contributed by atoms with Crippen LogP contribution in [0.15, 0.2) is 48.5 Å². The van der Waals surface area contributed by atoms with E-state index in [9.17, 15) is 4.79 Å². The molecule has 1 atom stereocenters. The predicted molar refractivity (Wildman–Crippen MR) is 102 cm³/mol. The lowest BCUT2D eigenvalue weighted by Crippen LogP contribution is -2.46. The Bertz CT molecular complexity index is 939. The maximum absolute atomic E-state index is 13.1. The average molecular weight is 362 g/mol. The Morgan fingerprint density at radius 2 is 1.93 bits per heavy atom. The standard InChI is InChI=1S/C20H22N6O/c1-25-12-15-8-4-3-7-14(15)11-16(25)13-26(2)20(27)18-10-6-5-9-17(18)19-21-23-24-22-19/h3-10,16H,11-13H2,1-2H3,(H,21,22,23,24). The van der Waals surface area contributed by atoms with Gasteiger partial charge < -0.3 is 4.90 Å². The maximum Gasteiger partial charge on any atom is 0.254 e. The lowest BCUT2D eigenvalue weighted by Gasteiger charge is -2.36. The zero-order chi connectivity index (χ0) is 18.8. The lowest BCUT2D eigenvalue weighted by atomic mass is 9.94. The first-order chi connectivity index (χ1) is 13.1. The predicted octanol–water partition coefficient (Wildman–Crippen LogP) is 2.00. The first-order valence-electron chi connectivity index (χ1n) is 8.99. The Hall–Kier alpha value is -3.06. The number of hydrogen-bond donors (Lipinski definition) is 1. The van der Waals surface area contributed by atoms with E-state index in [0.29, 0.717) is 23.5 Å². The molecule has 0 bridgehead atoms.